The lowest BCUT2D eigenvalue weighted by Gasteiger charge is -2.34. The molecule has 0 aliphatic rings. The first-order valence-electron chi connectivity index (χ1n) is 14.2. The van der Waals surface area contributed by atoms with E-state index in [1.54, 1.807) is 24.3 Å². The predicted octanol–water partition coefficient (Wildman–Crippen LogP) is 6.01. The van der Waals surface area contributed by atoms with Crippen molar-refractivity contribution in [3.8, 4) is 0 Å². The molecule has 0 heterocycles. The van der Waals surface area contributed by atoms with Gasteiger partial charge in [0.15, 0.2) is 0 Å². The summed E-state index contributed by atoms with van der Waals surface area (Å²) in [7, 11) is -4.18. The average molecular weight is 618 g/mol. The van der Waals surface area contributed by atoms with Crippen molar-refractivity contribution in [2.75, 3.05) is 17.4 Å². The van der Waals surface area contributed by atoms with Crippen molar-refractivity contribution in [2.45, 2.75) is 44.2 Å². The highest BCUT2D eigenvalue weighted by Gasteiger charge is 2.34. The highest BCUT2D eigenvalue weighted by atomic mass is 35.5. The average Bonchev–Trinajstić information content (AvgIpc) is 3.02. The number of hydrogen-bond donors (Lipinski definition) is 1. The molecule has 2 amide bonds. The quantitative estimate of drug-likeness (QED) is 0.199. The molecule has 0 aliphatic heterocycles. The lowest BCUT2D eigenvalue weighted by Crippen LogP contribution is -2.53. The van der Waals surface area contributed by atoms with Crippen LogP contribution in [-0.2, 0) is 32.6 Å². The second kappa shape index (κ2) is 14.8. The summed E-state index contributed by atoms with van der Waals surface area (Å²) in [4.78, 5) is 29.5. The molecule has 4 aromatic carbocycles. The molecule has 0 bridgehead atoms. The minimum atomic E-state index is -4.18. The fraction of sp³-hybridized carbons (Fsp3) is 0.235. The van der Waals surface area contributed by atoms with E-state index in [4.69, 9.17) is 11.6 Å². The number of halogens is 1. The number of amides is 2. The van der Waals surface area contributed by atoms with E-state index in [-0.39, 0.29) is 23.8 Å². The first-order valence-corrected chi connectivity index (χ1v) is 16.0. The number of carbonyl (C=O) groups excluding carboxylic acids is 2. The Morgan fingerprint density at radius 3 is 1.98 bits per heavy atom. The first-order chi connectivity index (χ1) is 20.7. The summed E-state index contributed by atoms with van der Waals surface area (Å²) in [6, 6.07) is 30.8. The van der Waals surface area contributed by atoms with Crippen molar-refractivity contribution in [1.29, 1.82) is 0 Å². The number of nitrogens with one attached hydrogen (secondary N) is 1. The number of benzene rings is 4. The molecule has 4 rings (SSSR count). The largest absolute Gasteiger partial charge is 0.354 e. The molecule has 0 saturated carbocycles. The maximum Gasteiger partial charge on any atom is 0.264 e. The third kappa shape index (κ3) is 8.46. The van der Waals surface area contributed by atoms with Crippen LogP contribution in [0.3, 0.4) is 0 Å². The number of anilines is 1. The molecule has 1 atom stereocenters. The number of rotatable bonds is 13. The fourth-order valence-electron chi connectivity index (χ4n) is 4.67. The highest BCUT2D eigenvalue weighted by Crippen LogP contribution is 2.26. The van der Waals surface area contributed by atoms with E-state index in [0.717, 1.165) is 27.4 Å². The number of hydrogen-bond acceptors (Lipinski definition) is 4. The monoisotopic (exact) mass is 617 g/mol. The number of nitrogens with zero attached hydrogens (tertiary/aromatic N) is 2. The smallest absolute Gasteiger partial charge is 0.264 e. The molecule has 0 unspecified atom stereocenters. The Morgan fingerprint density at radius 1 is 0.814 bits per heavy atom. The number of sulfonamides is 1. The van der Waals surface area contributed by atoms with Crippen LogP contribution in [0.2, 0.25) is 5.02 Å². The topological polar surface area (TPSA) is 86.8 Å². The summed E-state index contributed by atoms with van der Waals surface area (Å²) in [5.41, 5.74) is 2.98. The SMILES string of the molecule is CCCNC(=O)[C@H](Cc1ccccc1)N(Cc1ccccc1)C(=O)CN(c1ccc(C)cc1)S(=O)(=O)c1ccc(Cl)cc1. The minimum absolute atomic E-state index is 0.00130. The van der Waals surface area contributed by atoms with Crippen molar-refractivity contribution in [3.05, 3.63) is 131 Å². The molecule has 9 heteroatoms. The van der Waals surface area contributed by atoms with Gasteiger partial charge in [0, 0.05) is 24.5 Å². The van der Waals surface area contributed by atoms with Gasteiger partial charge in [-0.2, -0.15) is 0 Å². The Kier molecular flexibility index (Phi) is 11.0. The van der Waals surface area contributed by atoms with Gasteiger partial charge in [-0.15, -0.1) is 0 Å². The zero-order chi connectivity index (χ0) is 30.8. The van der Waals surface area contributed by atoms with Gasteiger partial charge in [0.25, 0.3) is 10.0 Å². The Labute approximate surface area is 259 Å². The van der Waals surface area contributed by atoms with Crippen LogP contribution < -0.4 is 9.62 Å². The van der Waals surface area contributed by atoms with Crippen molar-refractivity contribution in [2.24, 2.45) is 0 Å². The van der Waals surface area contributed by atoms with E-state index in [9.17, 15) is 18.0 Å². The predicted molar refractivity (Wildman–Crippen MR) is 171 cm³/mol. The van der Waals surface area contributed by atoms with E-state index in [1.165, 1.54) is 29.2 Å². The molecule has 0 radical (unpaired) electrons. The molecule has 4 aromatic rings. The maximum atomic E-state index is 14.4. The zero-order valence-corrected chi connectivity index (χ0v) is 25.9. The van der Waals surface area contributed by atoms with Gasteiger partial charge in [0.1, 0.15) is 12.6 Å². The summed E-state index contributed by atoms with van der Waals surface area (Å²) in [6.45, 7) is 3.93. The molecule has 0 aliphatic carbocycles. The molecule has 0 fully saturated rings. The second-order valence-electron chi connectivity index (χ2n) is 10.3. The van der Waals surface area contributed by atoms with Crippen molar-refractivity contribution < 1.29 is 18.0 Å². The maximum absolute atomic E-state index is 14.4. The van der Waals surface area contributed by atoms with E-state index in [2.05, 4.69) is 5.32 Å². The third-order valence-corrected chi connectivity index (χ3v) is 9.06. The molecular weight excluding hydrogens is 582 g/mol. The Morgan fingerprint density at radius 2 is 1.40 bits per heavy atom. The standard InChI is InChI=1S/C34H36ClN3O4S/c1-3-22-36-34(40)32(23-27-10-6-4-7-11-27)37(24-28-12-8-5-9-13-28)33(39)25-38(30-18-14-26(2)15-19-30)43(41,42)31-20-16-29(35)17-21-31/h4-21,32H,3,22-25H2,1-2H3,(H,36,40)/t32-/m0/s1. The van der Waals surface area contributed by atoms with Crippen LogP contribution in [-0.4, -0.2) is 44.3 Å². The fourth-order valence-corrected chi connectivity index (χ4v) is 6.21. The molecule has 1 N–H and O–H groups in total. The number of carbonyl (C=O) groups is 2. The highest BCUT2D eigenvalue weighted by molar-refractivity contribution is 7.92. The van der Waals surface area contributed by atoms with Crippen LogP contribution in [0.25, 0.3) is 0 Å². The van der Waals surface area contributed by atoms with Gasteiger partial charge in [-0.05, 0) is 60.9 Å². The molecular formula is C34H36ClN3O4S. The van der Waals surface area contributed by atoms with E-state index < -0.39 is 28.5 Å². The Hall–Kier alpha value is -4.14. The molecule has 0 aromatic heterocycles. The van der Waals surface area contributed by atoms with Crippen molar-refractivity contribution in [3.63, 3.8) is 0 Å². The second-order valence-corrected chi connectivity index (χ2v) is 12.6. The van der Waals surface area contributed by atoms with Crippen molar-refractivity contribution >= 4 is 39.1 Å². The van der Waals surface area contributed by atoms with E-state index >= 15 is 0 Å². The van der Waals surface area contributed by atoms with Gasteiger partial charge in [0.2, 0.25) is 11.8 Å². The van der Waals surface area contributed by atoms with Gasteiger partial charge in [-0.25, -0.2) is 8.42 Å². The first kappa shape index (κ1) is 31.8. The molecule has 224 valence electrons. The Bertz CT molecular complexity index is 1600. The van der Waals surface area contributed by atoms with E-state index in [0.29, 0.717) is 17.3 Å². The van der Waals surface area contributed by atoms with Crippen LogP contribution in [0.5, 0.6) is 0 Å². The molecule has 0 saturated heterocycles. The van der Waals surface area contributed by atoms with Gasteiger partial charge in [0.05, 0.1) is 10.6 Å². The molecule has 7 nitrogen and oxygen atoms in total. The summed E-state index contributed by atoms with van der Waals surface area (Å²) < 4.78 is 29.1. The third-order valence-electron chi connectivity index (χ3n) is 7.02. The van der Waals surface area contributed by atoms with Crippen LogP contribution in [0.1, 0.15) is 30.0 Å². The van der Waals surface area contributed by atoms with Gasteiger partial charge in [-0.1, -0.05) is 96.9 Å². The summed E-state index contributed by atoms with van der Waals surface area (Å²) in [5.74, 6) is -0.799. The van der Waals surface area contributed by atoms with Crippen LogP contribution in [0.4, 0.5) is 5.69 Å². The molecule has 43 heavy (non-hydrogen) atoms. The summed E-state index contributed by atoms with van der Waals surface area (Å²) in [5, 5.41) is 3.35. The van der Waals surface area contributed by atoms with Crippen LogP contribution in [0, 0.1) is 6.92 Å². The van der Waals surface area contributed by atoms with E-state index in [1.807, 2.05) is 74.5 Å². The Balaban J connectivity index is 1.77. The lowest BCUT2D eigenvalue weighted by molar-refractivity contribution is -0.140. The zero-order valence-electron chi connectivity index (χ0n) is 24.3. The van der Waals surface area contributed by atoms with Gasteiger partial charge in [-0.3, -0.25) is 13.9 Å². The van der Waals surface area contributed by atoms with Crippen LogP contribution >= 0.6 is 11.6 Å². The van der Waals surface area contributed by atoms with Crippen molar-refractivity contribution in [1.82, 2.24) is 10.2 Å². The van der Waals surface area contributed by atoms with Gasteiger partial charge < -0.3 is 10.2 Å². The lowest BCUT2D eigenvalue weighted by atomic mass is 10.0. The normalized spacial score (nSPS) is 11.9. The molecule has 0 spiro atoms. The summed E-state index contributed by atoms with van der Waals surface area (Å²) in [6.07, 6.45) is 1.00. The minimum Gasteiger partial charge on any atom is -0.354 e. The van der Waals surface area contributed by atoms with Crippen LogP contribution in [0.15, 0.2) is 114 Å². The summed E-state index contributed by atoms with van der Waals surface area (Å²) >= 11 is 6.04. The number of aryl methyl sites for hydroxylation is 1. The van der Waals surface area contributed by atoms with Gasteiger partial charge >= 0.3 is 0 Å².